The predicted octanol–water partition coefficient (Wildman–Crippen LogP) is 2.82. The third kappa shape index (κ3) is 4.50. The van der Waals surface area contributed by atoms with Crippen molar-refractivity contribution in [1.29, 1.82) is 0 Å². The molecule has 2 aromatic rings. The summed E-state index contributed by atoms with van der Waals surface area (Å²) >= 11 is 1.27. The maximum absolute atomic E-state index is 12.1. The Hall–Kier alpha value is -3.20. The number of Topliss-reactive ketones (excluding diaryl/α,β-unsaturated/α-hetero) is 1. The van der Waals surface area contributed by atoms with Crippen molar-refractivity contribution in [2.45, 2.75) is 16.6 Å². The Morgan fingerprint density at radius 3 is 2.56 bits per heavy atom. The number of hydrogen-bond donors (Lipinski definition) is 1. The molecule has 27 heavy (non-hydrogen) atoms. The second-order valence-electron chi connectivity index (χ2n) is 5.68. The number of fused-ring (bicyclic) bond motifs is 1. The topological polar surface area (TPSA) is 116 Å². The number of benzene rings is 2. The van der Waals surface area contributed by atoms with E-state index in [0.29, 0.717) is 5.69 Å². The van der Waals surface area contributed by atoms with E-state index < -0.39 is 28.5 Å². The lowest BCUT2D eigenvalue weighted by atomic mass is 10.1. The first-order valence-corrected chi connectivity index (χ1v) is 8.82. The van der Waals surface area contributed by atoms with Crippen LogP contribution in [0.1, 0.15) is 16.8 Å². The number of thioether (sulfide) groups is 1. The van der Waals surface area contributed by atoms with Crippen molar-refractivity contribution < 1.29 is 24.0 Å². The first kappa shape index (κ1) is 18.6. The van der Waals surface area contributed by atoms with Crippen LogP contribution in [0.15, 0.2) is 53.4 Å². The standard InChI is InChI=1S/C18H14N2O6S/c21-14(11-5-7-12(8-6-11)20(24)25)10-26-17(22)9-16-18(23)19-13-3-1-2-4-15(13)27-16/h1-8,16H,9-10H2,(H,19,23). The van der Waals surface area contributed by atoms with Crippen molar-refractivity contribution in [2.75, 3.05) is 11.9 Å². The smallest absolute Gasteiger partial charge is 0.307 e. The van der Waals surface area contributed by atoms with Gasteiger partial charge in [-0.05, 0) is 24.3 Å². The summed E-state index contributed by atoms with van der Waals surface area (Å²) in [6, 6.07) is 12.3. The Bertz CT molecular complexity index is 912. The molecule has 3 rings (SSSR count). The normalized spacial score (nSPS) is 15.4. The van der Waals surface area contributed by atoms with Gasteiger partial charge in [-0.15, -0.1) is 11.8 Å². The monoisotopic (exact) mass is 386 g/mol. The molecule has 138 valence electrons. The summed E-state index contributed by atoms with van der Waals surface area (Å²) in [6.07, 6.45) is -0.168. The van der Waals surface area contributed by atoms with E-state index in [0.717, 1.165) is 4.90 Å². The Balaban J connectivity index is 1.53. The SMILES string of the molecule is O=C(CC1Sc2ccccc2NC1=O)OCC(=O)c1ccc([N+](=O)[O-])cc1. The summed E-state index contributed by atoms with van der Waals surface area (Å²) in [5.41, 5.74) is 0.765. The van der Waals surface area contributed by atoms with Crippen LogP contribution >= 0.6 is 11.8 Å². The summed E-state index contributed by atoms with van der Waals surface area (Å²) in [7, 11) is 0. The molecule has 0 aromatic heterocycles. The van der Waals surface area contributed by atoms with Crippen molar-refractivity contribution in [3.05, 3.63) is 64.2 Å². The molecule has 9 heteroatoms. The average Bonchev–Trinajstić information content (AvgIpc) is 2.66. The quantitative estimate of drug-likeness (QED) is 0.351. The Morgan fingerprint density at radius 1 is 1.15 bits per heavy atom. The molecule has 1 amide bonds. The number of ketones is 1. The van der Waals surface area contributed by atoms with Crippen LogP contribution in [0.5, 0.6) is 0 Å². The lowest BCUT2D eigenvalue weighted by molar-refractivity contribution is -0.384. The molecule has 0 fully saturated rings. The van der Waals surface area contributed by atoms with Gasteiger partial charge in [0, 0.05) is 22.6 Å². The fraction of sp³-hybridized carbons (Fsp3) is 0.167. The molecule has 1 N–H and O–H groups in total. The molecule has 8 nitrogen and oxygen atoms in total. The number of ether oxygens (including phenoxy) is 1. The second-order valence-corrected chi connectivity index (χ2v) is 6.93. The highest BCUT2D eigenvalue weighted by Gasteiger charge is 2.29. The van der Waals surface area contributed by atoms with Crippen LogP contribution in [-0.4, -0.2) is 34.4 Å². The largest absolute Gasteiger partial charge is 0.457 e. The highest BCUT2D eigenvalue weighted by molar-refractivity contribution is 8.01. The van der Waals surface area contributed by atoms with Gasteiger partial charge in [-0.1, -0.05) is 12.1 Å². The maximum atomic E-state index is 12.1. The number of nitrogens with one attached hydrogen (secondary N) is 1. The van der Waals surface area contributed by atoms with Crippen molar-refractivity contribution in [2.24, 2.45) is 0 Å². The summed E-state index contributed by atoms with van der Waals surface area (Å²) in [5, 5.41) is 12.7. The highest BCUT2D eigenvalue weighted by Crippen LogP contribution is 2.36. The molecule has 1 aliphatic rings. The summed E-state index contributed by atoms with van der Waals surface area (Å²) in [4.78, 5) is 47.0. The van der Waals surface area contributed by atoms with E-state index in [-0.39, 0.29) is 23.6 Å². The molecule has 1 unspecified atom stereocenters. The van der Waals surface area contributed by atoms with Crippen LogP contribution in [0.3, 0.4) is 0 Å². The minimum Gasteiger partial charge on any atom is -0.457 e. The molecule has 2 aromatic carbocycles. The van der Waals surface area contributed by atoms with Crippen LogP contribution < -0.4 is 5.32 Å². The van der Waals surface area contributed by atoms with E-state index in [2.05, 4.69) is 5.32 Å². The van der Waals surface area contributed by atoms with Gasteiger partial charge in [-0.25, -0.2) is 0 Å². The fourth-order valence-electron chi connectivity index (χ4n) is 2.44. The van der Waals surface area contributed by atoms with Gasteiger partial charge in [0.15, 0.2) is 12.4 Å². The van der Waals surface area contributed by atoms with Gasteiger partial charge in [0.25, 0.3) is 5.69 Å². The summed E-state index contributed by atoms with van der Waals surface area (Å²) < 4.78 is 4.96. The third-order valence-electron chi connectivity index (χ3n) is 3.82. The number of anilines is 1. The number of hydrogen-bond acceptors (Lipinski definition) is 7. The second kappa shape index (κ2) is 8.00. The number of non-ortho nitro benzene ring substituents is 1. The van der Waals surface area contributed by atoms with Gasteiger partial charge in [0.05, 0.1) is 22.3 Å². The molecule has 0 aliphatic carbocycles. The number of carbonyl (C=O) groups is 3. The molecule has 1 atom stereocenters. The Labute approximate surface area is 158 Å². The molecule has 1 aliphatic heterocycles. The number of carbonyl (C=O) groups excluding carboxylic acids is 3. The maximum Gasteiger partial charge on any atom is 0.307 e. The molecule has 0 saturated heterocycles. The van der Waals surface area contributed by atoms with Gasteiger partial charge in [-0.3, -0.25) is 24.5 Å². The summed E-state index contributed by atoms with van der Waals surface area (Å²) in [5.74, 6) is -1.45. The van der Waals surface area contributed by atoms with Gasteiger partial charge in [0.2, 0.25) is 5.91 Å². The first-order valence-electron chi connectivity index (χ1n) is 7.94. The minimum absolute atomic E-state index is 0.135. The van der Waals surface area contributed by atoms with E-state index in [1.807, 2.05) is 12.1 Å². The summed E-state index contributed by atoms with van der Waals surface area (Å²) in [6.45, 7) is -0.494. The number of rotatable bonds is 6. The lowest BCUT2D eigenvalue weighted by Crippen LogP contribution is -2.31. The zero-order valence-corrected chi connectivity index (χ0v) is 14.7. The van der Waals surface area contributed by atoms with Crippen molar-refractivity contribution in [1.82, 2.24) is 0 Å². The molecular formula is C18H14N2O6S. The van der Waals surface area contributed by atoms with Crippen molar-refractivity contribution >= 4 is 40.8 Å². The highest BCUT2D eigenvalue weighted by atomic mass is 32.2. The number of nitrogens with zero attached hydrogens (tertiary/aromatic N) is 1. The molecule has 0 radical (unpaired) electrons. The predicted molar refractivity (Wildman–Crippen MR) is 97.7 cm³/mol. The van der Waals surface area contributed by atoms with Crippen LogP contribution in [0, 0.1) is 10.1 Å². The van der Waals surface area contributed by atoms with E-state index >= 15 is 0 Å². The number of amides is 1. The van der Waals surface area contributed by atoms with Gasteiger partial charge in [-0.2, -0.15) is 0 Å². The van der Waals surface area contributed by atoms with Crippen molar-refractivity contribution in [3.63, 3.8) is 0 Å². The third-order valence-corrected chi connectivity index (χ3v) is 5.10. The minimum atomic E-state index is -0.669. The van der Waals surface area contributed by atoms with Gasteiger partial charge in [0.1, 0.15) is 0 Å². The number of para-hydroxylation sites is 1. The Kier molecular flexibility index (Phi) is 5.51. The van der Waals surface area contributed by atoms with Crippen LogP contribution in [-0.2, 0) is 14.3 Å². The number of nitro benzene ring substituents is 1. The van der Waals surface area contributed by atoms with Gasteiger partial charge >= 0.3 is 5.97 Å². The fourth-order valence-corrected chi connectivity index (χ4v) is 3.53. The molecule has 0 bridgehead atoms. The van der Waals surface area contributed by atoms with Crippen LogP contribution in [0.25, 0.3) is 0 Å². The van der Waals surface area contributed by atoms with E-state index in [1.165, 1.54) is 36.0 Å². The molecular weight excluding hydrogens is 372 g/mol. The van der Waals surface area contributed by atoms with E-state index in [1.54, 1.807) is 12.1 Å². The first-order chi connectivity index (χ1) is 12.9. The van der Waals surface area contributed by atoms with Gasteiger partial charge < -0.3 is 10.1 Å². The molecule has 0 saturated carbocycles. The molecule has 1 heterocycles. The van der Waals surface area contributed by atoms with E-state index in [4.69, 9.17) is 4.74 Å². The zero-order chi connectivity index (χ0) is 19.4. The average molecular weight is 386 g/mol. The molecule has 0 spiro atoms. The van der Waals surface area contributed by atoms with Crippen LogP contribution in [0.2, 0.25) is 0 Å². The lowest BCUT2D eigenvalue weighted by Gasteiger charge is -2.23. The number of nitro groups is 1. The van der Waals surface area contributed by atoms with Crippen molar-refractivity contribution in [3.8, 4) is 0 Å². The zero-order valence-electron chi connectivity index (χ0n) is 13.9. The van der Waals surface area contributed by atoms with E-state index in [9.17, 15) is 24.5 Å². The number of esters is 1. The van der Waals surface area contributed by atoms with Crippen LogP contribution in [0.4, 0.5) is 11.4 Å². The Morgan fingerprint density at radius 2 is 1.85 bits per heavy atom.